The van der Waals surface area contributed by atoms with Gasteiger partial charge in [0.25, 0.3) is 0 Å². The molecule has 0 amide bonds. The average molecular weight is 245 g/mol. The number of hydrogen-bond donors (Lipinski definition) is 1. The van der Waals surface area contributed by atoms with Crippen LogP contribution in [0.15, 0.2) is 42.2 Å². The fraction of sp³-hybridized carbons (Fsp3) is 0.500. The summed E-state index contributed by atoms with van der Waals surface area (Å²) < 4.78 is 5.73. The van der Waals surface area contributed by atoms with Crippen LogP contribution in [0.25, 0.3) is 0 Å². The van der Waals surface area contributed by atoms with Crippen molar-refractivity contribution >= 4 is 0 Å². The Bertz CT molecular complexity index is 372. The quantitative estimate of drug-likeness (QED) is 0.830. The van der Waals surface area contributed by atoms with Crippen LogP contribution >= 0.6 is 0 Å². The molecule has 0 spiro atoms. The molecule has 1 aliphatic heterocycles. The molecule has 1 heterocycles. The molecule has 1 aromatic carbocycles. The van der Waals surface area contributed by atoms with E-state index in [-0.39, 0.29) is 0 Å². The maximum Gasteiger partial charge on any atom is 0.109 e. The number of ether oxygens (including phenoxy) is 1. The Morgan fingerprint density at radius 3 is 2.78 bits per heavy atom. The molecule has 1 aromatic rings. The molecule has 1 atom stereocenters. The van der Waals surface area contributed by atoms with Gasteiger partial charge >= 0.3 is 0 Å². The second-order valence-electron chi connectivity index (χ2n) is 4.82. The first kappa shape index (κ1) is 13.2. The molecule has 18 heavy (non-hydrogen) atoms. The van der Waals surface area contributed by atoms with Gasteiger partial charge in [-0.2, -0.15) is 0 Å². The van der Waals surface area contributed by atoms with Crippen molar-refractivity contribution in [3.05, 3.63) is 47.7 Å². The van der Waals surface area contributed by atoms with E-state index in [0.29, 0.717) is 6.04 Å². The monoisotopic (exact) mass is 245 g/mol. The summed E-state index contributed by atoms with van der Waals surface area (Å²) in [4.78, 5) is 0. The Balaban J connectivity index is 1.79. The molecule has 0 fully saturated rings. The third-order valence-corrected chi connectivity index (χ3v) is 3.46. The Labute approximate surface area is 110 Å². The normalized spacial score (nSPS) is 16.8. The molecular weight excluding hydrogens is 222 g/mol. The lowest BCUT2D eigenvalue weighted by atomic mass is 10.0. The molecule has 2 nitrogen and oxygen atoms in total. The summed E-state index contributed by atoms with van der Waals surface area (Å²) in [6.07, 6.45) is 8.03. The number of nitrogens with one attached hydrogen (secondary N) is 1. The predicted molar refractivity (Wildman–Crippen MR) is 75.5 cm³/mol. The molecule has 1 aliphatic rings. The fourth-order valence-corrected chi connectivity index (χ4v) is 2.40. The third kappa shape index (κ3) is 3.88. The number of allylic oxidation sites excluding steroid dienone is 1. The molecule has 0 aromatic heterocycles. The SMILES string of the molecule is CNC(CCCc1ccccc1)C1=CCCCO1. The first-order valence-electron chi connectivity index (χ1n) is 6.94. The molecule has 98 valence electrons. The van der Waals surface area contributed by atoms with Gasteiger partial charge in [-0.05, 0) is 50.8 Å². The van der Waals surface area contributed by atoms with E-state index < -0.39 is 0 Å². The van der Waals surface area contributed by atoms with Gasteiger partial charge in [-0.1, -0.05) is 30.3 Å². The van der Waals surface area contributed by atoms with Crippen molar-refractivity contribution in [1.82, 2.24) is 5.32 Å². The number of likely N-dealkylation sites (N-methyl/N-ethyl adjacent to an activating group) is 1. The van der Waals surface area contributed by atoms with Gasteiger partial charge in [0, 0.05) is 0 Å². The van der Waals surface area contributed by atoms with Gasteiger partial charge in [0.1, 0.15) is 5.76 Å². The standard InChI is InChI=1S/C16H23NO/c1-17-15(16-12-5-6-13-18-16)11-7-10-14-8-3-2-4-9-14/h2-4,8-9,12,15,17H,5-7,10-11,13H2,1H3. The molecule has 0 radical (unpaired) electrons. The van der Waals surface area contributed by atoms with E-state index in [1.807, 2.05) is 7.05 Å². The Hall–Kier alpha value is -1.28. The van der Waals surface area contributed by atoms with Crippen LogP contribution in [0.2, 0.25) is 0 Å². The lowest BCUT2D eigenvalue weighted by Crippen LogP contribution is -2.30. The number of aryl methyl sites for hydroxylation is 1. The van der Waals surface area contributed by atoms with Crippen LogP contribution in [0.5, 0.6) is 0 Å². The molecular formula is C16H23NO. The highest BCUT2D eigenvalue weighted by Crippen LogP contribution is 2.17. The first-order chi connectivity index (χ1) is 8.90. The molecule has 0 saturated carbocycles. The fourth-order valence-electron chi connectivity index (χ4n) is 2.40. The van der Waals surface area contributed by atoms with E-state index in [1.165, 1.54) is 12.0 Å². The zero-order valence-electron chi connectivity index (χ0n) is 11.2. The summed E-state index contributed by atoms with van der Waals surface area (Å²) in [5.74, 6) is 1.15. The van der Waals surface area contributed by atoms with Crippen molar-refractivity contribution in [2.75, 3.05) is 13.7 Å². The van der Waals surface area contributed by atoms with Crippen molar-refractivity contribution in [3.63, 3.8) is 0 Å². The Morgan fingerprint density at radius 2 is 2.11 bits per heavy atom. The zero-order valence-corrected chi connectivity index (χ0v) is 11.2. The second kappa shape index (κ2) is 7.22. The van der Waals surface area contributed by atoms with Crippen molar-refractivity contribution in [1.29, 1.82) is 0 Å². The van der Waals surface area contributed by atoms with E-state index in [0.717, 1.165) is 38.0 Å². The summed E-state index contributed by atoms with van der Waals surface area (Å²) in [7, 11) is 2.02. The smallest absolute Gasteiger partial charge is 0.109 e. The van der Waals surface area contributed by atoms with E-state index in [4.69, 9.17) is 4.74 Å². The van der Waals surface area contributed by atoms with E-state index in [1.54, 1.807) is 0 Å². The van der Waals surface area contributed by atoms with Crippen LogP contribution in [0.1, 0.15) is 31.2 Å². The maximum absolute atomic E-state index is 5.73. The van der Waals surface area contributed by atoms with Crippen LogP contribution in [-0.4, -0.2) is 19.7 Å². The highest BCUT2D eigenvalue weighted by molar-refractivity contribution is 5.14. The number of hydrogen-bond acceptors (Lipinski definition) is 2. The Morgan fingerprint density at radius 1 is 1.28 bits per heavy atom. The lowest BCUT2D eigenvalue weighted by Gasteiger charge is -2.23. The summed E-state index contributed by atoms with van der Waals surface area (Å²) in [5, 5.41) is 3.36. The minimum Gasteiger partial charge on any atom is -0.497 e. The second-order valence-corrected chi connectivity index (χ2v) is 4.82. The molecule has 1 unspecified atom stereocenters. The molecule has 1 N–H and O–H groups in total. The minimum atomic E-state index is 0.383. The van der Waals surface area contributed by atoms with Gasteiger partial charge in [0.05, 0.1) is 12.6 Å². The molecule has 2 rings (SSSR count). The van der Waals surface area contributed by atoms with Crippen LogP contribution < -0.4 is 5.32 Å². The minimum absolute atomic E-state index is 0.383. The van der Waals surface area contributed by atoms with Crippen LogP contribution in [0.4, 0.5) is 0 Å². The summed E-state index contributed by atoms with van der Waals surface area (Å²) in [6, 6.07) is 11.1. The van der Waals surface area contributed by atoms with Gasteiger partial charge in [0.2, 0.25) is 0 Å². The van der Waals surface area contributed by atoms with E-state index in [9.17, 15) is 0 Å². The number of benzene rings is 1. The Kier molecular flexibility index (Phi) is 5.28. The van der Waals surface area contributed by atoms with Gasteiger partial charge in [0.15, 0.2) is 0 Å². The maximum atomic E-state index is 5.73. The molecule has 0 bridgehead atoms. The summed E-state index contributed by atoms with van der Waals surface area (Å²) in [6.45, 7) is 0.878. The largest absolute Gasteiger partial charge is 0.497 e. The molecule has 0 aliphatic carbocycles. The van der Waals surface area contributed by atoms with Gasteiger partial charge in [-0.15, -0.1) is 0 Å². The number of rotatable bonds is 6. The van der Waals surface area contributed by atoms with Crippen molar-refractivity contribution in [3.8, 4) is 0 Å². The summed E-state index contributed by atoms with van der Waals surface area (Å²) >= 11 is 0. The van der Waals surface area contributed by atoms with Crippen LogP contribution in [0.3, 0.4) is 0 Å². The van der Waals surface area contributed by atoms with Gasteiger partial charge in [-0.25, -0.2) is 0 Å². The van der Waals surface area contributed by atoms with Gasteiger partial charge in [-0.3, -0.25) is 0 Å². The molecule has 2 heteroatoms. The highest BCUT2D eigenvalue weighted by Gasteiger charge is 2.15. The first-order valence-corrected chi connectivity index (χ1v) is 6.94. The van der Waals surface area contributed by atoms with E-state index in [2.05, 4.69) is 41.7 Å². The van der Waals surface area contributed by atoms with Crippen LogP contribution in [-0.2, 0) is 11.2 Å². The zero-order chi connectivity index (χ0) is 12.6. The van der Waals surface area contributed by atoms with Crippen molar-refractivity contribution in [2.24, 2.45) is 0 Å². The average Bonchev–Trinajstić information content (AvgIpc) is 2.46. The molecule has 0 saturated heterocycles. The topological polar surface area (TPSA) is 21.3 Å². The van der Waals surface area contributed by atoms with Gasteiger partial charge < -0.3 is 10.1 Å². The van der Waals surface area contributed by atoms with Crippen LogP contribution in [0, 0.1) is 0 Å². The van der Waals surface area contributed by atoms with E-state index >= 15 is 0 Å². The third-order valence-electron chi connectivity index (χ3n) is 3.46. The van der Waals surface area contributed by atoms with Crippen molar-refractivity contribution in [2.45, 2.75) is 38.1 Å². The highest BCUT2D eigenvalue weighted by atomic mass is 16.5. The predicted octanol–water partition coefficient (Wildman–Crippen LogP) is 3.29. The van der Waals surface area contributed by atoms with Crippen molar-refractivity contribution < 1.29 is 4.74 Å². The lowest BCUT2D eigenvalue weighted by molar-refractivity contribution is 0.166. The summed E-state index contributed by atoms with van der Waals surface area (Å²) in [5.41, 5.74) is 1.42.